The van der Waals surface area contributed by atoms with Gasteiger partial charge < -0.3 is 4.48 Å². The Morgan fingerprint density at radius 1 is 0.486 bits per heavy atom. The molecule has 0 aliphatic rings. The van der Waals surface area contributed by atoms with Crippen LogP contribution < -0.4 is 0 Å². The molecule has 214 valence electrons. The minimum absolute atomic E-state index is 1.33. The Bertz CT molecular complexity index is 836. The fourth-order valence-electron chi connectivity index (χ4n) is 3.28. The van der Waals surface area contributed by atoms with Crippen LogP contribution in [0.5, 0.6) is 0 Å². The fraction of sp³-hybridized carbons (Fsp3) is 0.938. The number of sulfone groups is 3. The lowest BCUT2D eigenvalue weighted by atomic mass is 10.2. The van der Waals surface area contributed by atoms with Crippen LogP contribution in [-0.4, -0.2) is 72.4 Å². The lowest BCUT2D eigenvalue weighted by Crippen LogP contribution is -2.50. The SMILES string of the molecule is CCC[N+](CCC)(CCC)CCC.O=S(=O)([C-](S(=O)(=O)C(F)(F)F)S(=O)(=O)C(F)(F)F)C(F)(F)F. The van der Waals surface area contributed by atoms with E-state index in [1.54, 1.807) is 0 Å². The molecule has 0 aromatic rings. The first-order valence-corrected chi connectivity index (χ1v) is 14.5. The van der Waals surface area contributed by atoms with Gasteiger partial charge in [0.2, 0.25) is 0 Å². The first-order chi connectivity index (χ1) is 15.4. The predicted molar refractivity (Wildman–Crippen MR) is 109 cm³/mol. The lowest BCUT2D eigenvalue weighted by Gasteiger charge is -2.38. The number of rotatable bonds is 11. The standard InChI is InChI=1S/C12H28N.C4F9O6S3/c1-5-9-13(10-6-2,11-7-3)12-8-4;5-2(6,7)20(14,15)1(21(16,17)3(8,9)10)22(18,19)4(11,12)13/h5-12H2,1-4H3;/q+1;-1. The van der Waals surface area contributed by atoms with E-state index >= 15 is 0 Å². The van der Waals surface area contributed by atoms with Gasteiger partial charge in [-0.2, -0.15) is 39.5 Å². The molecule has 0 aromatic carbocycles. The Morgan fingerprint density at radius 3 is 0.771 bits per heavy atom. The van der Waals surface area contributed by atoms with Gasteiger partial charge in [-0.15, -0.1) is 0 Å². The van der Waals surface area contributed by atoms with Crippen LogP contribution in [0.15, 0.2) is 0 Å². The molecule has 0 aliphatic heterocycles. The molecule has 0 spiro atoms. The van der Waals surface area contributed by atoms with Gasteiger partial charge in [-0.1, -0.05) is 27.7 Å². The van der Waals surface area contributed by atoms with Crippen LogP contribution in [0.3, 0.4) is 0 Å². The molecular weight excluding hydrogens is 569 g/mol. The molecule has 0 bridgehead atoms. The maximum Gasteiger partial charge on any atom is 0.470 e. The van der Waals surface area contributed by atoms with E-state index in [-0.39, 0.29) is 0 Å². The minimum atomic E-state index is -8.02. The summed E-state index contributed by atoms with van der Waals surface area (Å²) in [5.41, 5.74) is -21.2. The van der Waals surface area contributed by atoms with Gasteiger partial charge in [0.15, 0.2) is 29.5 Å². The molecule has 0 aliphatic carbocycles. The smallest absolute Gasteiger partial charge is 0.324 e. The highest BCUT2D eigenvalue weighted by Gasteiger charge is 2.63. The van der Waals surface area contributed by atoms with E-state index in [4.69, 9.17) is 0 Å². The van der Waals surface area contributed by atoms with E-state index in [2.05, 4.69) is 27.7 Å². The molecule has 35 heavy (non-hydrogen) atoms. The molecule has 0 unspecified atom stereocenters. The maximum absolute atomic E-state index is 12.0. The average molecular weight is 598 g/mol. The second kappa shape index (κ2) is 12.6. The number of halogens is 9. The summed E-state index contributed by atoms with van der Waals surface area (Å²) in [4.78, 5) is 0. The lowest BCUT2D eigenvalue weighted by molar-refractivity contribution is -0.928. The van der Waals surface area contributed by atoms with Crippen LogP contribution in [0.1, 0.15) is 53.4 Å². The van der Waals surface area contributed by atoms with Gasteiger partial charge in [-0.25, -0.2) is 0 Å². The number of quaternary nitrogens is 1. The maximum atomic E-state index is 12.0. The van der Waals surface area contributed by atoms with Gasteiger partial charge in [0.25, 0.3) is 0 Å². The highest BCUT2D eigenvalue weighted by Crippen LogP contribution is 2.47. The third kappa shape index (κ3) is 8.91. The molecule has 0 fully saturated rings. The van der Waals surface area contributed by atoms with Crippen molar-refractivity contribution in [3.63, 3.8) is 0 Å². The van der Waals surface area contributed by atoms with Crippen molar-refractivity contribution in [3.05, 3.63) is 3.91 Å². The first kappa shape index (κ1) is 36.3. The monoisotopic (exact) mass is 597 g/mol. The van der Waals surface area contributed by atoms with Gasteiger partial charge in [0, 0.05) is 0 Å². The van der Waals surface area contributed by atoms with Crippen molar-refractivity contribution >= 4 is 29.5 Å². The highest BCUT2D eigenvalue weighted by atomic mass is 32.3. The predicted octanol–water partition coefficient (Wildman–Crippen LogP) is 4.68. The van der Waals surface area contributed by atoms with Crippen LogP contribution in [0, 0.1) is 3.91 Å². The van der Waals surface area contributed by atoms with Crippen molar-refractivity contribution in [2.75, 3.05) is 26.2 Å². The average Bonchev–Trinajstić information content (AvgIpc) is 2.59. The Labute approximate surface area is 199 Å². The van der Waals surface area contributed by atoms with Gasteiger partial charge in [0.05, 0.1) is 30.1 Å². The number of hydrogen-bond donors (Lipinski definition) is 0. The van der Waals surface area contributed by atoms with Crippen molar-refractivity contribution in [1.29, 1.82) is 0 Å². The van der Waals surface area contributed by atoms with E-state index in [1.165, 1.54) is 56.3 Å². The van der Waals surface area contributed by atoms with E-state index in [0.29, 0.717) is 0 Å². The third-order valence-corrected chi connectivity index (χ3v) is 11.5. The van der Waals surface area contributed by atoms with E-state index in [1.807, 2.05) is 0 Å². The molecule has 0 saturated heterocycles. The molecule has 0 saturated carbocycles. The minimum Gasteiger partial charge on any atom is -0.324 e. The van der Waals surface area contributed by atoms with Crippen molar-refractivity contribution in [2.24, 2.45) is 0 Å². The molecule has 0 heterocycles. The first-order valence-electron chi connectivity index (χ1n) is 10.0. The molecule has 0 aromatic heterocycles. The Balaban J connectivity index is 0. The van der Waals surface area contributed by atoms with Crippen LogP contribution in [0.25, 0.3) is 0 Å². The van der Waals surface area contributed by atoms with Gasteiger partial charge in [-0.3, -0.25) is 25.3 Å². The molecule has 0 N–H and O–H groups in total. The normalized spacial score (nSPS) is 14.6. The highest BCUT2D eigenvalue weighted by molar-refractivity contribution is 8.29. The van der Waals surface area contributed by atoms with Gasteiger partial charge in [-0.05, 0) is 25.7 Å². The summed E-state index contributed by atoms with van der Waals surface area (Å²) in [5, 5.41) is 0. The summed E-state index contributed by atoms with van der Waals surface area (Å²) in [6, 6.07) is 0. The Kier molecular flexibility index (Phi) is 13.1. The second-order valence-corrected chi connectivity index (χ2v) is 13.7. The quantitative estimate of drug-likeness (QED) is 0.195. The molecule has 7 nitrogen and oxygen atoms in total. The van der Waals surface area contributed by atoms with Gasteiger partial charge >= 0.3 is 16.5 Å². The third-order valence-electron chi connectivity index (χ3n) is 4.36. The van der Waals surface area contributed by atoms with Crippen LogP contribution in [0.2, 0.25) is 0 Å². The van der Waals surface area contributed by atoms with Crippen LogP contribution in [-0.2, 0) is 29.5 Å². The molecule has 19 heteroatoms. The zero-order valence-electron chi connectivity index (χ0n) is 19.2. The molecule has 0 radical (unpaired) electrons. The Morgan fingerprint density at radius 2 is 0.657 bits per heavy atom. The Hall–Kier alpha value is -0.820. The summed E-state index contributed by atoms with van der Waals surface area (Å²) < 4.78 is 169. The van der Waals surface area contributed by atoms with E-state index < -0.39 is 50.0 Å². The number of hydrogen-bond acceptors (Lipinski definition) is 6. The van der Waals surface area contributed by atoms with Crippen LogP contribution in [0.4, 0.5) is 39.5 Å². The summed E-state index contributed by atoms with van der Waals surface area (Å²) in [7, 11) is -24.1. The summed E-state index contributed by atoms with van der Waals surface area (Å²) >= 11 is 0. The summed E-state index contributed by atoms with van der Waals surface area (Å²) in [6.45, 7) is 14.8. The zero-order valence-corrected chi connectivity index (χ0v) is 21.6. The van der Waals surface area contributed by atoms with Crippen molar-refractivity contribution in [3.8, 4) is 0 Å². The molecule has 0 atom stereocenters. The molecule has 0 rings (SSSR count). The summed E-state index contributed by atoms with van der Waals surface area (Å²) in [5.74, 6) is 0. The van der Waals surface area contributed by atoms with E-state index in [0.717, 1.165) is 0 Å². The number of nitrogens with zero attached hydrogens (tertiary/aromatic N) is 1. The van der Waals surface area contributed by atoms with Crippen molar-refractivity contribution < 1.29 is 69.3 Å². The molecular formula is C16H28F9NO6S3. The van der Waals surface area contributed by atoms with Gasteiger partial charge in [0.1, 0.15) is 0 Å². The largest absolute Gasteiger partial charge is 0.470 e. The second-order valence-electron chi connectivity index (χ2n) is 7.33. The summed E-state index contributed by atoms with van der Waals surface area (Å²) in [6.07, 6.45) is 5.33. The van der Waals surface area contributed by atoms with Crippen molar-refractivity contribution in [1.82, 2.24) is 0 Å². The zero-order chi connectivity index (χ0) is 28.7. The van der Waals surface area contributed by atoms with Crippen LogP contribution >= 0.6 is 0 Å². The van der Waals surface area contributed by atoms with Crippen molar-refractivity contribution in [2.45, 2.75) is 69.9 Å². The van der Waals surface area contributed by atoms with E-state index in [9.17, 15) is 64.8 Å². The topological polar surface area (TPSA) is 102 Å². The fourth-order valence-corrected chi connectivity index (χ4v) is 9.02. The number of alkyl halides is 9. The molecule has 0 amide bonds.